The molecule has 1 heterocycles. The van der Waals surface area contributed by atoms with Gasteiger partial charge in [0.2, 0.25) is 5.91 Å². The molecule has 0 aromatic heterocycles. The molecule has 6 nitrogen and oxygen atoms in total. The Morgan fingerprint density at radius 2 is 2.00 bits per heavy atom. The van der Waals surface area contributed by atoms with E-state index in [9.17, 15) is 14.4 Å². The normalized spacial score (nSPS) is 22.0. The largest absolute Gasteiger partial charge is 0.353 e. The molecule has 1 aromatic rings. The van der Waals surface area contributed by atoms with E-state index in [4.69, 9.17) is 0 Å². The molecule has 122 valence electrons. The summed E-state index contributed by atoms with van der Waals surface area (Å²) in [6.07, 6.45) is 2.66. The molecule has 1 aliphatic carbocycles. The third-order valence-electron chi connectivity index (χ3n) is 4.32. The molecule has 2 unspecified atom stereocenters. The fraction of sp³-hybridized carbons (Fsp3) is 0.471. The van der Waals surface area contributed by atoms with Crippen molar-refractivity contribution in [1.82, 2.24) is 15.5 Å². The van der Waals surface area contributed by atoms with Crippen LogP contribution in [-0.2, 0) is 9.59 Å². The average Bonchev–Trinajstić information content (AvgIpc) is 3.31. The van der Waals surface area contributed by atoms with Gasteiger partial charge in [0.25, 0.3) is 5.91 Å². The summed E-state index contributed by atoms with van der Waals surface area (Å²) in [6, 6.07) is 8.41. The highest BCUT2D eigenvalue weighted by molar-refractivity contribution is 6.04. The SMILES string of the molecule is CC(c1ccccc1)N1C(=O)NC(CCC(=O)NC2CC2)C1=O. The second kappa shape index (κ2) is 6.40. The van der Waals surface area contributed by atoms with Crippen molar-refractivity contribution in [2.45, 2.75) is 50.7 Å². The van der Waals surface area contributed by atoms with Gasteiger partial charge < -0.3 is 10.6 Å². The first-order chi connectivity index (χ1) is 11.1. The molecule has 1 saturated carbocycles. The molecule has 1 aromatic carbocycles. The van der Waals surface area contributed by atoms with E-state index >= 15 is 0 Å². The van der Waals surface area contributed by atoms with Crippen LogP contribution in [0.5, 0.6) is 0 Å². The van der Waals surface area contributed by atoms with Crippen LogP contribution in [-0.4, -0.2) is 34.8 Å². The molecule has 4 amide bonds. The molecule has 2 fully saturated rings. The first kappa shape index (κ1) is 15.5. The number of urea groups is 1. The molecule has 2 atom stereocenters. The van der Waals surface area contributed by atoms with Gasteiger partial charge in [0, 0.05) is 12.5 Å². The van der Waals surface area contributed by atoms with Crippen LogP contribution in [0.1, 0.15) is 44.2 Å². The van der Waals surface area contributed by atoms with Gasteiger partial charge in [-0.2, -0.15) is 0 Å². The lowest BCUT2D eigenvalue weighted by atomic mass is 10.1. The van der Waals surface area contributed by atoms with Crippen molar-refractivity contribution >= 4 is 17.8 Å². The zero-order valence-corrected chi connectivity index (χ0v) is 13.1. The maximum absolute atomic E-state index is 12.5. The van der Waals surface area contributed by atoms with Crippen LogP contribution in [0, 0.1) is 0 Å². The van der Waals surface area contributed by atoms with Crippen molar-refractivity contribution in [1.29, 1.82) is 0 Å². The summed E-state index contributed by atoms with van der Waals surface area (Å²) in [5.41, 5.74) is 0.906. The van der Waals surface area contributed by atoms with E-state index in [1.165, 1.54) is 4.90 Å². The van der Waals surface area contributed by atoms with Gasteiger partial charge in [-0.25, -0.2) is 4.79 Å². The summed E-state index contributed by atoms with van der Waals surface area (Å²) in [7, 11) is 0. The lowest BCUT2D eigenvalue weighted by Crippen LogP contribution is -2.34. The van der Waals surface area contributed by atoms with E-state index in [-0.39, 0.29) is 30.3 Å². The van der Waals surface area contributed by atoms with Crippen LogP contribution >= 0.6 is 0 Å². The smallest absolute Gasteiger partial charge is 0.325 e. The summed E-state index contributed by atoms with van der Waals surface area (Å²) >= 11 is 0. The molecule has 2 N–H and O–H groups in total. The van der Waals surface area contributed by atoms with Crippen molar-refractivity contribution in [3.8, 4) is 0 Å². The summed E-state index contributed by atoms with van der Waals surface area (Å²) in [4.78, 5) is 37.6. The molecule has 3 rings (SSSR count). The Kier molecular flexibility index (Phi) is 4.32. The minimum absolute atomic E-state index is 0.0518. The molecule has 1 saturated heterocycles. The van der Waals surface area contributed by atoms with Gasteiger partial charge >= 0.3 is 6.03 Å². The Bertz CT molecular complexity index is 613. The number of benzene rings is 1. The van der Waals surface area contributed by atoms with Crippen LogP contribution in [0.4, 0.5) is 4.79 Å². The summed E-state index contributed by atoms with van der Waals surface area (Å²) in [6.45, 7) is 1.83. The Labute approximate surface area is 135 Å². The monoisotopic (exact) mass is 315 g/mol. The second-order valence-electron chi connectivity index (χ2n) is 6.18. The van der Waals surface area contributed by atoms with Crippen LogP contribution in [0.2, 0.25) is 0 Å². The van der Waals surface area contributed by atoms with Gasteiger partial charge in [-0.05, 0) is 31.7 Å². The lowest BCUT2D eigenvalue weighted by molar-refractivity contribution is -0.129. The van der Waals surface area contributed by atoms with E-state index in [0.29, 0.717) is 12.5 Å². The third-order valence-corrected chi connectivity index (χ3v) is 4.32. The lowest BCUT2D eigenvalue weighted by Gasteiger charge is -2.21. The van der Waals surface area contributed by atoms with Crippen LogP contribution in [0.15, 0.2) is 30.3 Å². The number of imide groups is 1. The quantitative estimate of drug-likeness (QED) is 0.785. The van der Waals surface area contributed by atoms with Gasteiger partial charge in [0.1, 0.15) is 6.04 Å². The zero-order chi connectivity index (χ0) is 16.4. The van der Waals surface area contributed by atoms with E-state index in [2.05, 4.69) is 10.6 Å². The minimum Gasteiger partial charge on any atom is -0.353 e. The van der Waals surface area contributed by atoms with E-state index in [1.807, 2.05) is 37.3 Å². The molecule has 0 spiro atoms. The Morgan fingerprint density at radius 1 is 1.30 bits per heavy atom. The first-order valence-corrected chi connectivity index (χ1v) is 8.04. The fourth-order valence-electron chi connectivity index (χ4n) is 2.79. The zero-order valence-electron chi connectivity index (χ0n) is 13.1. The first-order valence-electron chi connectivity index (χ1n) is 8.04. The Hall–Kier alpha value is -2.37. The number of nitrogens with one attached hydrogen (secondary N) is 2. The van der Waals surface area contributed by atoms with E-state index < -0.39 is 6.04 Å². The van der Waals surface area contributed by atoms with E-state index in [0.717, 1.165) is 18.4 Å². The van der Waals surface area contributed by atoms with Crippen LogP contribution in [0.3, 0.4) is 0 Å². The van der Waals surface area contributed by atoms with Crippen molar-refractivity contribution in [2.24, 2.45) is 0 Å². The topological polar surface area (TPSA) is 78.5 Å². The predicted molar refractivity (Wildman–Crippen MR) is 84.4 cm³/mol. The number of hydrogen-bond donors (Lipinski definition) is 2. The number of nitrogens with zero attached hydrogens (tertiary/aromatic N) is 1. The highest BCUT2D eigenvalue weighted by atomic mass is 16.2. The molecular weight excluding hydrogens is 294 g/mol. The van der Waals surface area contributed by atoms with Crippen LogP contribution in [0.25, 0.3) is 0 Å². The molecule has 2 aliphatic rings. The van der Waals surface area contributed by atoms with Crippen molar-refractivity contribution in [3.63, 3.8) is 0 Å². The fourth-order valence-corrected chi connectivity index (χ4v) is 2.79. The molecular formula is C17H21N3O3. The predicted octanol–water partition coefficient (Wildman–Crippen LogP) is 1.73. The molecule has 1 aliphatic heterocycles. The highest BCUT2D eigenvalue weighted by Gasteiger charge is 2.41. The van der Waals surface area contributed by atoms with Crippen molar-refractivity contribution < 1.29 is 14.4 Å². The number of carbonyl (C=O) groups excluding carboxylic acids is 3. The van der Waals surface area contributed by atoms with Gasteiger partial charge in [0.15, 0.2) is 0 Å². The average molecular weight is 315 g/mol. The van der Waals surface area contributed by atoms with Crippen LogP contribution < -0.4 is 10.6 Å². The number of amides is 4. The third kappa shape index (κ3) is 3.52. The summed E-state index contributed by atoms with van der Waals surface area (Å²) < 4.78 is 0. The molecule has 23 heavy (non-hydrogen) atoms. The van der Waals surface area contributed by atoms with Crippen molar-refractivity contribution in [2.75, 3.05) is 0 Å². The highest BCUT2D eigenvalue weighted by Crippen LogP contribution is 2.25. The van der Waals surface area contributed by atoms with E-state index in [1.54, 1.807) is 0 Å². The Balaban J connectivity index is 1.59. The maximum Gasteiger partial charge on any atom is 0.325 e. The minimum atomic E-state index is -0.612. The maximum atomic E-state index is 12.5. The Morgan fingerprint density at radius 3 is 2.65 bits per heavy atom. The number of hydrogen-bond acceptors (Lipinski definition) is 3. The molecule has 0 radical (unpaired) electrons. The summed E-state index contributed by atoms with van der Waals surface area (Å²) in [5.74, 6) is -0.310. The van der Waals surface area contributed by atoms with Gasteiger partial charge in [-0.15, -0.1) is 0 Å². The molecule has 6 heteroatoms. The van der Waals surface area contributed by atoms with Crippen molar-refractivity contribution in [3.05, 3.63) is 35.9 Å². The van der Waals surface area contributed by atoms with Gasteiger partial charge in [-0.3, -0.25) is 14.5 Å². The number of rotatable bonds is 6. The van der Waals surface area contributed by atoms with Gasteiger partial charge in [0.05, 0.1) is 6.04 Å². The number of carbonyl (C=O) groups is 3. The second-order valence-corrected chi connectivity index (χ2v) is 6.18. The summed E-state index contributed by atoms with van der Waals surface area (Å²) in [5, 5.41) is 5.57. The standard InChI is InChI=1S/C17H21N3O3/c1-11(12-5-3-2-4-6-12)20-16(22)14(19-17(20)23)9-10-15(21)18-13-7-8-13/h2-6,11,13-14H,7-10H2,1H3,(H,18,21)(H,19,23). The molecule has 0 bridgehead atoms. The van der Waals surface area contributed by atoms with Gasteiger partial charge in [-0.1, -0.05) is 30.3 Å².